The standard InChI is InChI=1S/C27H25N3O2/c1-16-14-21(17(2)29(16)23-9-5-7-18-6-3-4-8-22(18)23)15-28-30-26(31)24-19-10-11-20(13-12-19)25(24)27(30)32/h3-11,14-15,19-20,24-25H,12-13H2,1-2H3/b28-15-/t19-,20-,24-,25+/m0/s1. The van der Waals surface area contributed by atoms with Gasteiger partial charge in [-0.15, -0.1) is 0 Å². The fourth-order valence-corrected chi connectivity index (χ4v) is 5.98. The number of nitrogens with zero attached hydrogens (tertiary/aromatic N) is 3. The monoisotopic (exact) mass is 423 g/mol. The van der Waals surface area contributed by atoms with Gasteiger partial charge < -0.3 is 4.57 Å². The highest BCUT2D eigenvalue weighted by atomic mass is 16.2. The van der Waals surface area contributed by atoms with Crippen LogP contribution in [0, 0.1) is 37.5 Å². The predicted octanol–water partition coefficient (Wildman–Crippen LogP) is 4.78. The molecule has 3 aliphatic carbocycles. The van der Waals surface area contributed by atoms with E-state index in [4.69, 9.17) is 0 Å². The number of allylic oxidation sites excluding steroid dienone is 2. The Bertz CT molecular complexity index is 1290. The van der Waals surface area contributed by atoms with E-state index in [0.717, 1.165) is 40.5 Å². The number of carbonyl (C=O) groups excluding carboxylic acids is 2. The maximum atomic E-state index is 13.0. The summed E-state index contributed by atoms with van der Waals surface area (Å²) < 4.78 is 2.21. The molecule has 160 valence electrons. The molecule has 0 spiro atoms. The molecule has 5 nitrogen and oxygen atoms in total. The molecular formula is C27H25N3O2. The van der Waals surface area contributed by atoms with Gasteiger partial charge in [-0.3, -0.25) is 9.59 Å². The molecule has 2 bridgehead atoms. The van der Waals surface area contributed by atoms with Crippen molar-refractivity contribution in [3.05, 3.63) is 77.6 Å². The van der Waals surface area contributed by atoms with Crippen LogP contribution in [0.2, 0.25) is 0 Å². The van der Waals surface area contributed by atoms with E-state index in [2.05, 4.69) is 65.1 Å². The van der Waals surface area contributed by atoms with Crippen LogP contribution in [0.4, 0.5) is 0 Å². The van der Waals surface area contributed by atoms with E-state index in [9.17, 15) is 9.59 Å². The first-order chi connectivity index (χ1) is 15.5. The topological polar surface area (TPSA) is 54.7 Å². The Hall–Kier alpha value is -3.47. The lowest BCUT2D eigenvalue weighted by Gasteiger charge is -2.37. The molecule has 7 rings (SSSR count). The fraction of sp³-hybridized carbons (Fsp3) is 0.296. The summed E-state index contributed by atoms with van der Waals surface area (Å²) in [4.78, 5) is 26.1. The van der Waals surface area contributed by atoms with Gasteiger partial charge in [0, 0.05) is 22.3 Å². The number of carbonyl (C=O) groups is 2. The van der Waals surface area contributed by atoms with Crippen molar-refractivity contribution in [3.63, 3.8) is 0 Å². The van der Waals surface area contributed by atoms with Gasteiger partial charge in [0.05, 0.1) is 23.7 Å². The Morgan fingerprint density at radius 2 is 1.56 bits per heavy atom. The van der Waals surface area contributed by atoms with Crippen LogP contribution in [0.1, 0.15) is 29.8 Å². The van der Waals surface area contributed by atoms with Gasteiger partial charge in [0.25, 0.3) is 11.8 Å². The zero-order chi connectivity index (χ0) is 22.0. The van der Waals surface area contributed by atoms with Crippen LogP contribution in [0.5, 0.6) is 0 Å². The van der Waals surface area contributed by atoms with Crippen molar-refractivity contribution < 1.29 is 9.59 Å². The summed E-state index contributed by atoms with van der Waals surface area (Å²) in [5.41, 5.74) is 4.13. The van der Waals surface area contributed by atoms with E-state index in [1.54, 1.807) is 6.21 Å². The molecule has 1 saturated carbocycles. The molecule has 2 amide bonds. The molecular weight excluding hydrogens is 398 g/mol. The van der Waals surface area contributed by atoms with Crippen LogP contribution < -0.4 is 0 Å². The van der Waals surface area contributed by atoms with Crippen LogP contribution >= 0.6 is 0 Å². The van der Waals surface area contributed by atoms with Gasteiger partial charge in [0.2, 0.25) is 0 Å². The quantitative estimate of drug-likeness (QED) is 0.346. The van der Waals surface area contributed by atoms with Crippen LogP contribution in [0.3, 0.4) is 0 Å². The Labute approximate surface area is 187 Å². The highest BCUT2D eigenvalue weighted by Gasteiger charge is 2.56. The molecule has 0 N–H and O–H groups in total. The number of rotatable bonds is 3. The number of hydrazone groups is 1. The summed E-state index contributed by atoms with van der Waals surface area (Å²) >= 11 is 0. The molecule has 0 radical (unpaired) electrons. The molecule has 1 aromatic heterocycles. The summed E-state index contributed by atoms with van der Waals surface area (Å²) in [5, 5.41) is 7.92. The highest BCUT2D eigenvalue weighted by molar-refractivity contribution is 6.06. The van der Waals surface area contributed by atoms with E-state index < -0.39 is 0 Å². The summed E-state index contributed by atoms with van der Waals surface area (Å²) in [7, 11) is 0. The van der Waals surface area contributed by atoms with Crippen molar-refractivity contribution in [1.29, 1.82) is 0 Å². The van der Waals surface area contributed by atoms with Gasteiger partial charge in [0.15, 0.2) is 0 Å². The normalized spacial score (nSPS) is 26.6. The van der Waals surface area contributed by atoms with E-state index in [1.807, 2.05) is 19.1 Å². The number of hydrogen-bond acceptors (Lipinski definition) is 3. The minimum Gasteiger partial charge on any atom is -0.317 e. The third kappa shape index (κ3) is 2.67. The molecule has 32 heavy (non-hydrogen) atoms. The Morgan fingerprint density at radius 3 is 2.25 bits per heavy atom. The van der Waals surface area contributed by atoms with Crippen molar-refractivity contribution in [2.45, 2.75) is 26.7 Å². The van der Waals surface area contributed by atoms with Gasteiger partial charge in [-0.05, 0) is 56.0 Å². The number of aryl methyl sites for hydroxylation is 1. The molecule has 5 heteroatoms. The predicted molar refractivity (Wildman–Crippen MR) is 125 cm³/mol. The van der Waals surface area contributed by atoms with E-state index in [-0.39, 0.29) is 35.5 Å². The maximum absolute atomic E-state index is 13.0. The number of benzene rings is 2. The smallest absolute Gasteiger partial charge is 0.254 e. The van der Waals surface area contributed by atoms with Crippen LogP contribution in [0.25, 0.3) is 16.5 Å². The molecule has 0 unspecified atom stereocenters. The fourth-order valence-electron chi connectivity index (χ4n) is 5.98. The number of aromatic nitrogens is 1. The molecule has 2 heterocycles. The molecule has 1 saturated heterocycles. The Kier molecular flexibility index (Phi) is 4.22. The van der Waals surface area contributed by atoms with E-state index in [1.165, 1.54) is 10.8 Å². The molecule has 2 fully saturated rings. The molecule has 4 atom stereocenters. The number of fused-ring (bicyclic) bond motifs is 2. The first kappa shape index (κ1) is 19.2. The number of imide groups is 1. The lowest BCUT2D eigenvalue weighted by atomic mass is 9.63. The third-order valence-electron chi connectivity index (χ3n) is 7.53. The van der Waals surface area contributed by atoms with Crippen molar-refractivity contribution in [2.75, 3.05) is 0 Å². The van der Waals surface area contributed by atoms with Gasteiger partial charge in [-0.1, -0.05) is 48.6 Å². The van der Waals surface area contributed by atoms with Crippen LogP contribution in [-0.2, 0) is 9.59 Å². The average Bonchev–Trinajstić information content (AvgIpc) is 3.26. The van der Waals surface area contributed by atoms with Crippen molar-refractivity contribution in [3.8, 4) is 5.69 Å². The summed E-state index contributed by atoms with van der Waals surface area (Å²) in [6.45, 7) is 4.11. The first-order valence-electron chi connectivity index (χ1n) is 11.3. The average molecular weight is 424 g/mol. The van der Waals surface area contributed by atoms with Crippen molar-refractivity contribution in [1.82, 2.24) is 9.58 Å². The SMILES string of the molecule is Cc1cc(/C=N\N2C(=O)[C@@H]3[C@H](C2=O)[C@H]2C=C[C@H]3CC2)c(C)n1-c1cccc2ccccc12. The highest BCUT2D eigenvalue weighted by Crippen LogP contribution is 2.49. The van der Waals surface area contributed by atoms with Crippen LogP contribution in [-0.4, -0.2) is 27.6 Å². The third-order valence-corrected chi connectivity index (χ3v) is 7.53. The molecule has 1 aliphatic heterocycles. The minimum absolute atomic E-state index is 0.141. The molecule has 3 aromatic rings. The summed E-state index contributed by atoms with van der Waals surface area (Å²) in [5.74, 6) is -0.384. The maximum Gasteiger partial charge on any atom is 0.254 e. The van der Waals surface area contributed by atoms with Crippen LogP contribution in [0.15, 0.2) is 65.8 Å². The second-order valence-corrected chi connectivity index (χ2v) is 9.23. The van der Waals surface area contributed by atoms with Gasteiger partial charge in [-0.25, -0.2) is 0 Å². The lowest BCUT2D eigenvalue weighted by molar-refractivity contribution is -0.140. The molecule has 4 aliphatic rings. The minimum atomic E-state index is -0.230. The van der Waals surface area contributed by atoms with Gasteiger partial charge in [0.1, 0.15) is 0 Å². The van der Waals surface area contributed by atoms with Gasteiger partial charge >= 0.3 is 0 Å². The van der Waals surface area contributed by atoms with Crippen molar-refractivity contribution in [2.24, 2.45) is 28.8 Å². The second kappa shape index (κ2) is 7.02. The van der Waals surface area contributed by atoms with Crippen molar-refractivity contribution >= 4 is 28.8 Å². The lowest BCUT2D eigenvalue weighted by Crippen LogP contribution is -2.38. The summed E-state index contributed by atoms with van der Waals surface area (Å²) in [6.07, 6.45) is 7.92. The van der Waals surface area contributed by atoms with E-state index >= 15 is 0 Å². The first-order valence-corrected chi connectivity index (χ1v) is 11.3. The van der Waals surface area contributed by atoms with E-state index in [0.29, 0.717) is 0 Å². The zero-order valence-corrected chi connectivity index (χ0v) is 18.2. The van der Waals surface area contributed by atoms with Gasteiger partial charge in [-0.2, -0.15) is 10.1 Å². The number of amides is 2. The Balaban J connectivity index is 1.35. The zero-order valence-electron chi connectivity index (χ0n) is 18.2. The molecule has 2 aromatic carbocycles. The Morgan fingerprint density at radius 1 is 0.906 bits per heavy atom. The largest absolute Gasteiger partial charge is 0.317 e. The number of hydrogen-bond donors (Lipinski definition) is 0. The summed E-state index contributed by atoms with van der Waals surface area (Å²) in [6, 6.07) is 16.7. The second-order valence-electron chi connectivity index (χ2n) is 9.23.